The van der Waals surface area contributed by atoms with Gasteiger partial charge in [-0.3, -0.25) is 4.79 Å². The minimum atomic E-state index is -0.491. The fourth-order valence-corrected chi connectivity index (χ4v) is 2.87. The van der Waals surface area contributed by atoms with Gasteiger partial charge in [-0.1, -0.05) is 41.9 Å². The number of rotatable bonds is 3. The topological polar surface area (TPSA) is 26.3 Å². The average Bonchev–Trinajstić information content (AvgIpc) is 2.51. The predicted octanol–water partition coefficient (Wildman–Crippen LogP) is 4.16. The molecule has 0 saturated heterocycles. The van der Waals surface area contributed by atoms with Crippen molar-refractivity contribution < 1.29 is 13.9 Å². The van der Waals surface area contributed by atoms with E-state index in [9.17, 15) is 9.18 Å². The second-order valence-electron chi connectivity index (χ2n) is 5.08. The molecule has 1 aliphatic heterocycles. The van der Waals surface area contributed by atoms with Crippen LogP contribution in [0, 0.1) is 5.82 Å². The van der Waals surface area contributed by atoms with Crippen LogP contribution in [0.5, 0.6) is 5.75 Å². The third kappa shape index (κ3) is 2.79. The lowest BCUT2D eigenvalue weighted by Crippen LogP contribution is -2.22. The van der Waals surface area contributed by atoms with Gasteiger partial charge in [0.05, 0.1) is 11.6 Å². The zero-order valence-electron chi connectivity index (χ0n) is 11.3. The van der Waals surface area contributed by atoms with E-state index >= 15 is 0 Å². The van der Waals surface area contributed by atoms with Gasteiger partial charge in [0.15, 0.2) is 0 Å². The molecule has 1 aliphatic rings. The van der Waals surface area contributed by atoms with Crippen LogP contribution in [0.1, 0.15) is 23.5 Å². The molecule has 0 amide bonds. The van der Waals surface area contributed by atoms with E-state index in [0.717, 1.165) is 11.3 Å². The monoisotopic (exact) mass is 304 g/mol. The lowest BCUT2D eigenvalue weighted by Gasteiger charge is -2.25. The van der Waals surface area contributed by atoms with Gasteiger partial charge >= 0.3 is 0 Å². The number of ketones is 1. The van der Waals surface area contributed by atoms with Crippen molar-refractivity contribution in [2.45, 2.75) is 18.8 Å². The van der Waals surface area contributed by atoms with Gasteiger partial charge in [0.2, 0.25) is 0 Å². The van der Waals surface area contributed by atoms with Crippen LogP contribution in [-0.2, 0) is 11.2 Å². The molecule has 2 aromatic rings. The van der Waals surface area contributed by atoms with Gasteiger partial charge in [-0.25, -0.2) is 4.39 Å². The molecule has 0 aromatic heterocycles. The number of hydrogen-bond acceptors (Lipinski definition) is 2. The number of benzene rings is 2. The quantitative estimate of drug-likeness (QED) is 0.851. The fourth-order valence-electron chi connectivity index (χ4n) is 2.67. The lowest BCUT2D eigenvalue weighted by atomic mass is 9.87. The summed E-state index contributed by atoms with van der Waals surface area (Å²) in [5.74, 6) is 0.0920. The molecule has 0 radical (unpaired) electrons. The van der Waals surface area contributed by atoms with Crippen LogP contribution < -0.4 is 4.74 Å². The largest absolute Gasteiger partial charge is 0.493 e. The molecular formula is C17H14ClFO2. The molecule has 0 bridgehead atoms. The Balaban J connectivity index is 1.85. The van der Waals surface area contributed by atoms with Crippen LogP contribution in [-0.4, -0.2) is 12.4 Å². The second-order valence-corrected chi connectivity index (χ2v) is 5.46. The number of Topliss-reactive ketones (excluding diaryl/α,β-unsaturated/α-hetero) is 1. The highest BCUT2D eigenvalue weighted by Gasteiger charge is 2.27. The van der Waals surface area contributed by atoms with Gasteiger partial charge < -0.3 is 4.74 Å². The first-order valence-corrected chi connectivity index (χ1v) is 7.22. The Labute approximate surface area is 127 Å². The molecule has 1 atom stereocenters. The summed E-state index contributed by atoms with van der Waals surface area (Å²) in [7, 11) is 0. The lowest BCUT2D eigenvalue weighted by molar-refractivity contribution is -0.120. The van der Waals surface area contributed by atoms with Gasteiger partial charge in [-0.2, -0.15) is 0 Å². The summed E-state index contributed by atoms with van der Waals surface area (Å²) in [6, 6.07) is 12.1. The van der Waals surface area contributed by atoms with Crippen molar-refractivity contribution in [1.82, 2.24) is 0 Å². The molecule has 0 fully saturated rings. The Morgan fingerprint density at radius 3 is 2.90 bits per heavy atom. The molecule has 0 aliphatic carbocycles. The summed E-state index contributed by atoms with van der Waals surface area (Å²) in [5, 5.41) is 0.0335. The molecule has 0 N–H and O–H groups in total. The molecule has 0 saturated carbocycles. The standard InChI is InChI=1S/C17H14ClFO2/c18-17-11(4-3-6-14(17)19)10-15(20)12-8-9-21-16-7-2-1-5-13(12)16/h1-7,12H,8-10H2. The van der Waals surface area contributed by atoms with E-state index in [2.05, 4.69) is 0 Å². The first-order chi connectivity index (χ1) is 10.2. The third-order valence-electron chi connectivity index (χ3n) is 3.74. The predicted molar refractivity (Wildman–Crippen MR) is 79.4 cm³/mol. The van der Waals surface area contributed by atoms with Crippen LogP contribution in [0.2, 0.25) is 5.02 Å². The summed E-state index contributed by atoms with van der Waals surface area (Å²) < 4.78 is 19.0. The van der Waals surface area contributed by atoms with Crippen molar-refractivity contribution in [3.8, 4) is 5.75 Å². The maximum absolute atomic E-state index is 13.4. The van der Waals surface area contributed by atoms with Crippen molar-refractivity contribution in [3.05, 3.63) is 64.4 Å². The summed E-state index contributed by atoms with van der Waals surface area (Å²) in [6.07, 6.45) is 0.776. The zero-order valence-corrected chi connectivity index (χ0v) is 12.1. The summed E-state index contributed by atoms with van der Waals surface area (Å²) in [6.45, 7) is 0.518. The van der Waals surface area contributed by atoms with Crippen LogP contribution >= 0.6 is 11.6 Å². The molecule has 108 valence electrons. The number of hydrogen-bond donors (Lipinski definition) is 0. The second kappa shape index (κ2) is 5.86. The van der Waals surface area contributed by atoms with E-state index in [-0.39, 0.29) is 23.1 Å². The average molecular weight is 305 g/mol. The highest BCUT2D eigenvalue weighted by Crippen LogP contribution is 2.35. The number of ether oxygens (including phenoxy) is 1. The van der Waals surface area contributed by atoms with Gasteiger partial charge in [-0.05, 0) is 24.1 Å². The van der Waals surface area contributed by atoms with E-state index in [1.807, 2.05) is 24.3 Å². The molecule has 2 nitrogen and oxygen atoms in total. The van der Waals surface area contributed by atoms with E-state index in [1.54, 1.807) is 12.1 Å². The smallest absolute Gasteiger partial charge is 0.145 e. The van der Waals surface area contributed by atoms with Crippen LogP contribution in [0.15, 0.2) is 42.5 Å². The van der Waals surface area contributed by atoms with Crippen molar-refractivity contribution >= 4 is 17.4 Å². The minimum absolute atomic E-state index is 0.0335. The summed E-state index contributed by atoms with van der Waals surface area (Å²) >= 11 is 5.92. The van der Waals surface area contributed by atoms with Crippen molar-refractivity contribution in [2.75, 3.05) is 6.61 Å². The first kappa shape index (κ1) is 14.1. The minimum Gasteiger partial charge on any atom is -0.493 e. The number of carbonyl (C=O) groups is 1. The number of carbonyl (C=O) groups excluding carboxylic acids is 1. The Morgan fingerprint density at radius 2 is 2.05 bits per heavy atom. The maximum atomic E-state index is 13.4. The van der Waals surface area contributed by atoms with Crippen molar-refractivity contribution in [2.24, 2.45) is 0 Å². The molecule has 1 unspecified atom stereocenters. The van der Waals surface area contributed by atoms with Crippen LogP contribution in [0.3, 0.4) is 0 Å². The van der Waals surface area contributed by atoms with Gasteiger partial charge in [-0.15, -0.1) is 0 Å². The van der Waals surface area contributed by atoms with E-state index in [0.29, 0.717) is 18.6 Å². The molecule has 0 spiro atoms. The van der Waals surface area contributed by atoms with Crippen LogP contribution in [0.25, 0.3) is 0 Å². The Kier molecular flexibility index (Phi) is 3.93. The highest BCUT2D eigenvalue weighted by atomic mass is 35.5. The molecular weight excluding hydrogens is 291 g/mol. The normalized spacial score (nSPS) is 17.0. The van der Waals surface area contributed by atoms with E-state index in [1.165, 1.54) is 6.07 Å². The Morgan fingerprint density at radius 1 is 1.24 bits per heavy atom. The van der Waals surface area contributed by atoms with Crippen molar-refractivity contribution in [3.63, 3.8) is 0 Å². The third-order valence-corrected chi connectivity index (χ3v) is 4.17. The number of para-hydroxylation sites is 1. The first-order valence-electron chi connectivity index (χ1n) is 6.84. The summed E-state index contributed by atoms with van der Waals surface area (Å²) in [5.41, 5.74) is 1.44. The fraction of sp³-hybridized carbons (Fsp3) is 0.235. The SMILES string of the molecule is O=C(Cc1cccc(F)c1Cl)C1CCOc2ccccc21. The highest BCUT2D eigenvalue weighted by molar-refractivity contribution is 6.31. The molecule has 1 heterocycles. The molecule has 21 heavy (non-hydrogen) atoms. The molecule has 3 rings (SSSR count). The van der Waals surface area contributed by atoms with E-state index < -0.39 is 5.82 Å². The van der Waals surface area contributed by atoms with Gasteiger partial charge in [0, 0.05) is 17.9 Å². The number of fused-ring (bicyclic) bond motifs is 1. The van der Waals surface area contributed by atoms with Gasteiger partial charge in [0.1, 0.15) is 17.3 Å². The molecule has 2 aromatic carbocycles. The van der Waals surface area contributed by atoms with E-state index in [4.69, 9.17) is 16.3 Å². The zero-order chi connectivity index (χ0) is 14.8. The number of halogens is 2. The Hall–Kier alpha value is -1.87. The van der Waals surface area contributed by atoms with Crippen LogP contribution in [0.4, 0.5) is 4.39 Å². The maximum Gasteiger partial charge on any atom is 0.145 e. The molecule has 4 heteroatoms. The Bertz CT molecular complexity index is 684. The summed E-state index contributed by atoms with van der Waals surface area (Å²) in [4.78, 5) is 12.6. The van der Waals surface area contributed by atoms with Gasteiger partial charge in [0.25, 0.3) is 0 Å². The van der Waals surface area contributed by atoms with Crippen molar-refractivity contribution in [1.29, 1.82) is 0 Å².